The van der Waals surface area contributed by atoms with Gasteiger partial charge in [0.25, 0.3) is 0 Å². The normalized spacial score (nSPS) is 10.9. The van der Waals surface area contributed by atoms with E-state index in [9.17, 15) is 4.79 Å². The fourth-order valence-electron chi connectivity index (χ4n) is 1.58. The molecule has 0 atom stereocenters. The molecule has 0 saturated carbocycles. The molecule has 0 heterocycles. The van der Waals surface area contributed by atoms with Gasteiger partial charge >= 0.3 is 5.97 Å². The first kappa shape index (κ1) is 14.4. The van der Waals surface area contributed by atoms with Crippen LogP contribution in [0.2, 0.25) is 0 Å². The number of aliphatic hydroxyl groups is 1. The Morgan fingerprint density at radius 1 is 1.13 bits per heavy atom. The molecular formula is C11H23NO3. The van der Waals surface area contributed by atoms with Crippen LogP contribution in [0.15, 0.2) is 0 Å². The number of nitrogens with zero attached hydrogens (tertiary/aromatic N) is 1. The zero-order chi connectivity index (χ0) is 11.5. The SMILES string of the molecule is CCCN(CCCCCCO)CC(=O)O. The van der Waals surface area contributed by atoms with E-state index < -0.39 is 5.97 Å². The summed E-state index contributed by atoms with van der Waals surface area (Å²) < 4.78 is 0. The number of carboxylic acids is 1. The van der Waals surface area contributed by atoms with Gasteiger partial charge in [0.05, 0.1) is 6.54 Å². The maximum Gasteiger partial charge on any atom is 0.317 e. The lowest BCUT2D eigenvalue weighted by molar-refractivity contribution is -0.138. The predicted octanol–water partition coefficient (Wildman–Crippen LogP) is 1.34. The number of aliphatic carboxylic acids is 1. The van der Waals surface area contributed by atoms with Crippen LogP contribution < -0.4 is 0 Å². The molecule has 0 aliphatic rings. The molecule has 0 rings (SSSR count). The lowest BCUT2D eigenvalue weighted by Gasteiger charge is -2.18. The Hall–Kier alpha value is -0.610. The summed E-state index contributed by atoms with van der Waals surface area (Å²) in [5.74, 6) is -0.751. The van der Waals surface area contributed by atoms with E-state index in [1.165, 1.54) is 0 Å². The third kappa shape index (κ3) is 9.69. The van der Waals surface area contributed by atoms with Crippen molar-refractivity contribution in [1.29, 1.82) is 0 Å². The van der Waals surface area contributed by atoms with Crippen molar-refractivity contribution in [1.82, 2.24) is 4.90 Å². The highest BCUT2D eigenvalue weighted by molar-refractivity contribution is 5.69. The minimum absolute atomic E-state index is 0.147. The van der Waals surface area contributed by atoms with Gasteiger partial charge in [-0.15, -0.1) is 0 Å². The number of hydrogen-bond donors (Lipinski definition) is 2. The van der Waals surface area contributed by atoms with Crippen LogP contribution in [0.1, 0.15) is 39.0 Å². The Balaban J connectivity index is 3.52. The van der Waals surface area contributed by atoms with Gasteiger partial charge in [0, 0.05) is 6.61 Å². The number of carbonyl (C=O) groups is 1. The van der Waals surface area contributed by atoms with Crippen LogP contribution in [0.3, 0.4) is 0 Å². The Kier molecular flexibility index (Phi) is 9.52. The van der Waals surface area contributed by atoms with Crippen molar-refractivity contribution in [2.24, 2.45) is 0 Å². The average Bonchev–Trinajstić information content (AvgIpc) is 2.17. The van der Waals surface area contributed by atoms with Crippen molar-refractivity contribution in [3.63, 3.8) is 0 Å². The Morgan fingerprint density at radius 3 is 2.33 bits per heavy atom. The Morgan fingerprint density at radius 2 is 1.80 bits per heavy atom. The highest BCUT2D eigenvalue weighted by Gasteiger charge is 2.07. The van der Waals surface area contributed by atoms with Crippen LogP contribution in [0.4, 0.5) is 0 Å². The molecule has 0 radical (unpaired) electrons. The molecule has 0 aliphatic carbocycles. The van der Waals surface area contributed by atoms with Crippen LogP contribution in [0.5, 0.6) is 0 Å². The summed E-state index contributed by atoms with van der Waals surface area (Å²) >= 11 is 0. The predicted molar refractivity (Wildman–Crippen MR) is 59.9 cm³/mol. The molecule has 0 bridgehead atoms. The highest BCUT2D eigenvalue weighted by atomic mass is 16.4. The van der Waals surface area contributed by atoms with Gasteiger partial charge in [0.1, 0.15) is 0 Å². The topological polar surface area (TPSA) is 60.8 Å². The third-order valence-electron chi connectivity index (χ3n) is 2.28. The summed E-state index contributed by atoms with van der Waals surface area (Å²) in [5, 5.41) is 17.3. The highest BCUT2D eigenvalue weighted by Crippen LogP contribution is 2.02. The minimum atomic E-state index is -0.751. The van der Waals surface area contributed by atoms with Crippen molar-refractivity contribution in [2.75, 3.05) is 26.2 Å². The van der Waals surface area contributed by atoms with Gasteiger partial charge < -0.3 is 10.2 Å². The zero-order valence-corrected chi connectivity index (χ0v) is 9.61. The van der Waals surface area contributed by atoms with Gasteiger partial charge in [-0.2, -0.15) is 0 Å². The number of aliphatic hydroxyl groups excluding tert-OH is 1. The second-order valence-electron chi connectivity index (χ2n) is 3.81. The summed E-state index contributed by atoms with van der Waals surface area (Å²) in [7, 11) is 0. The first-order valence-electron chi connectivity index (χ1n) is 5.75. The minimum Gasteiger partial charge on any atom is -0.480 e. The molecule has 0 unspecified atom stereocenters. The van der Waals surface area contributed by atoms with Gasteiger partial charge in [-0.1, -0.05) is 19.8 Å². The van der Waals surface area contributed by atoms with Gasteiger partial charge in [0.2, 0.25) is 0 Å². The number of rotatable bonds is 10. The van der Waals surface area contributed by atoms with Crippen molar-refractivity contribution >= 4 is 5.97 Å². The molecule has 0 aromatic carbocycles. The summed E-state index contributed by atoms with van der Waals surface area (Å²) in [6.07, 6.45) is 4.97. The second kappa shape index (κ2) is 9.93. The van der Waals surface area contributed by atoms with Gasteiger partial charge in [-0.25, -0.2) is 0 Å². The van der Waals surface area contributed by atoms with Gasteiger partial charge in [0.15, 0.2) is 0 Å². The molecule has 4 nitrogen and oxygen atoms in total. The van der Waals surface area contributed by atoms with E-state index in [0.717, 1.165) is 45.2 Å². The van der Waals surface area contributed by atoms with Crippen molar-refractivity contribution in [3.8, 4) is 0 Å². The standard InChI is InChI=1S/C11H23NO3/c1-2-7-12(10-11(14)15)8-5-3-4-6-9-13/h13H,2-10H2,1H3,(H,14,15). The first-order chi connectivity index (χ1) is 7.20. The van der Waals surface area contributed by atoms with Gasteiger partial charge in [-0.3, -0.25) is 9.69 Å². The van der Waals surface area contributed by atoms with Crippen molar-refractivity contribution in [3.05, 3.63) is 0 Å². The maximum absolute atomic E-state index is 10.5. The van der Waals surface area contributed by atoms with E-state index >= 15 is 0 Å². The van der Waals surface area contributed by atoms with Crippen molar-refractivity contribution in [2.45, 2.75) is 39.0 Å². The lowest BCUT2D eigenvalue weighted by atomic mass is 10.2. The van der Waals surface area contributed by atoms with Crippen LogP contribution >= 0.6 is 0 Å². The molecule has 0 aromatic rings. The molecule has 15 heavy (non-hydrogen) atoms. The fourth-order valence-corrected chi connectivity index (χ4v) is 1.58. The summed E-state index contributed by atoms with van der Waals surface area (Å²) in [6.45, 7) is 4.17. The molecule has 0 aliphatic heterocycles. The molecule has 0 amide bonds. The third-order valence-corrected chi connectivity index (χ3v) is 2.28. The number of carboxylic acid groups (broad SMARTS) is 1. The van der Waals surface area contributed by atoms with Crippen LogP contribution in [-0.4, -0.2) is 47.3 Å². The van der Waals surface area contributed by atoms with Crippen molar-refractivity contribution < 1.29 is 15.0 Å². The Labute approximate surface area is 91.9 Å². The van der Waals surface area contributed by atoms with E-state index in [1.54, 1.807) is 0 Å². The molecule has 0 aromatic heterocycles. The quantitative estimate of drug-likeness (QED) is 0.542. The van der Waals surface area contributed by atoms with E-state index in [2.05, 4.69) is 6.92 Å². The summed E-state index contributed by atoms with van der Waals surface area (Å²) in [6, 6.07) is 0. The molecular weight excluding hydrogens is 194 g/mol. The molecule has 4 heteroatoms. The van der Waals surface area contributed by atoms with E-state index in [1.807, 2.05) is 4.90 Å². The first-order valence-corrected chi connectivity index (χ1v) is 5.75. The van der Waals surface area contributed by atoms with Crippen LogP contribution in [0, 0.1) is 0 Å². The zero-order valence-electron chi connectivity index (χ0n) is 9.61. The number of unbranched alkanes of at least 4 members (excludes halogenated alkanes) is 3. The van der Waals surface area contributed by atoms with E-state index in [4.69, 9.17) is 10.2 Å². The summed E-state index contributed by atoms with van der Waals surface area (Å²) in [5.41, 5.74) is 0. The van der Waals surface area contributed by atoms with E-state index in [-0.39, 0.29) is 13.2 Å². The fraction of sp³-hybridized carbons (Fsp3) is 0.909. The molecule has 0 fully saturated rings. The summed E-state index contributed by atoms with van der Waals surface area (Å²) in [4.78, 5) is 12.5. The molecule has 90 valence electrons. The van der Waals surface area contributed by atoms with Crippen LogP contribution in [-0.2, 0) is 4.79 Å². The average molecular weight is 217 g/mol. The molecule has 2 N–H and O–H groups in total. The largest absolute Gasteiger partial charge is 0.480 e. The maximum atomic E-state index is 10.5. The second-order valence-corrected chi connectivity index (χ2v) is 3.81. The van der Waals surface area contributed by atoms with Gasteiger partial charge in [-0.05, 0) is 32.4 Å². The molecule has 0 saturated heterocycles. The Bertz CT molecular complexity index is 162. The number of hydrogen-bond acceptors (Lipinski definition) is 3. The van der Waals surface area contributed by atoms with E-state index in [0.29, 0.717) is 0 Å². The van der Waals surface area contributed by atoms with Crippen LogP contribution in [0.25, 0.3) is 0 Å². The molecule has 0 spiro atoms. The monoisotopic (exact) mass is 217 g/mol. The smallest absolute Gasteiger partial charge is 0.317 e. The lowest BCUT2D eigenvalue weighted by Crippen LogP contribution is -2.31.